The van der Waals surface area contributed by atoms with Gasteiger partial charge in [0.05, 0.1) is 23.9 Å². The van der Waals surface area contributed by atoms with Crippen LogP contribution in [0.4, 0.5) is 5.69 Å². The summed E-state index contributed by atoms with van der Waals surface area (Å²) < 4.78 is 5.89. The lowest BCUT2D eigenvalue weighted by atomic mass is 10.1. The maximum absolute atomic E-state index is 12.4. The highest BCUT2D eigenvalue weighted by Gasteiger charge is 2.35. The van der Waals surface area contributed by atoms with Crippen LogP contribution < -0.4 is 15.8 Å². The second-order valence-corrected chi connectivity index (χ2v) is 7.30. The Hall–Kier alpha value is -3.20. The number of benzene rings is 2. The molecule has 2 aromatic rings. The van der Waals surface area contributed by atoms with Gasteiger partial charge in [-0.2, -0.15) is 0 Å². The number of nitrogens with two attached hydrogens (primary N) is 1. The highest BCUT2D eigenvalue weighted by Crippen LogP contribution is 2.27. The molecule has 4 amide bonds. The number of carbonyl (C=O) groups is 4. The summed E-state index contributed by atoms with van der Waals surface area (Å²) in [7, 11) is 1.44. The van der Waals surface area contributed by atoms with Crippen LogP contribution in [0.1, 0.15) is 43.9 Å². The Morgan fingerprint density at radius 3 is 2.52 bits per heavy atom. The molecule has 0 saturated carbocycles. The summed E-state index contributed by atoms with van der Waals surface area (Å²) >= 11 is 3.29. The van der Waals surface area contributed by atoms with Crippen molar-refractivity contribution in [1.29, 1.82) is 0 Å². The number of halogens is 1. The fourth-order valence-corrected chi connectivity index (χ4v) is 3.40. The number of primary amides is 1. The highest BCUT2D eigenvalue weighted by molar-refractivity contribution is 9.10. The van der Waals surface area contributed by atoms with Crippen LogP contribution >= 0.6 is 15.9 Å². The summed E-state index contributed by atoms with van der Waals surface area (Å²) in [6.07, 6.45) is 0.358. The molecule has 1 aliphatic rings. The third-order valence-electron chi connectivity index (χ3n) is 4.48. The average molecular weight is 460 g/mol. The van der Waals surface area contributed by atoms with Crippen molar-refractivity contribution in [2.24, 2.45) is 5.73 Å². The zero-order valence-electron chi connectivity index (χ0n) is 15.5. The van der Waals surface area contributed by atoms with Gasteiger partial charge in [0, 0.05) is 23.0 Å². The normalized spacial score (nSPS) is 12.7. The van der Waals surface area contributed by atoms with Crippen LogP contribution in [0.25, 0.3) is 0 Å². The number of amides is 4. The molecule has 2 aromatic carbocycles. The predicted octanol–water partition coefficient (Wildman–Crippen LogP) is 2.57. The summed E-state index contributed by atoms with van der Waals surface area (Å²) in [6.45, 7) is 0.121. The van der Waals surface area contributed by atoms with Gasteiger partial charge in [-0.05, 0) is 42.8 Å². The molecule has 9 heteroatoms. The first-order valence-corrected chi connectivity index (χ1v) is 9.54. The maximum Gasteiger partial charge on any atom is 0.261 e. The molecule has 0 unspecified atom stereocenters. The Labute approximate surface area is 175 Å². The summed E-state index contributed by atoms with van der Waals surface area (Å²) in [4.78, 5) is 49.6. The van der Waals surface area contributed by atoms with E-state index in [9.17, 15) is 19.2 Å². The van der Waals surface area contributed by atoms with E-state index in [0.717, 1.165) is 4.90 Å². The number of anilines is 1. The maximum atomic E-state index is 12.4. The molecule has 3 N–H and O–H groups in total. The quantitative estimate of drug-likeness (QED) is 0.616. The summed E-state index contributed by atoms with van der Waals surface area (Å²) in [5.41, 5.74) is 6.52. The van der Waals surface area contributed by atoms with Crippen molar-refractivity contribution in [1.82, 2.24) is 4.90 Å². The summed E-state index contributed by atoms with van der Waals surface area (Å²) in [6, 6.07) is 9.38. The van der Waals surface area contributed by atoms with E-state index in [1.165, 1.54) is 25.3 Å². The van der Waals surface area contributed by atoms with Gasteiger partial charge in [0.15, 0.2) is 0 Å². The van der Waals surface area contributed by atoms with Gasteiger partial charge >= 0.3 is 0 Å². The predicted molar refractivity (Wildman–Crippen MR) is 109 cm³/mol. The van der Waals surface area contributed by atoms with Crippen molar-refractivity contribution in [3.05, 3.63) is 57.6 Å². The molecular formula is C20H18BrN3O5. The number of ether oxygens (including phenoxy) is 1. The van der Waals surface area contributed by atoms with Crippen molar-refractivity contribution in [3.63, 3.8) is 0 Å². The molecule has 0 spiro atoms. The lowest BCUT2D eigenvalue weighted by Crippen LogP contribution is -2.31. The Morgan fingerprint density at radius 1 is 1.10 bits per heavy atom. The van der Waals surface area contributed by atoms with Crippen LogP contribution in [-0.4, -0.2) is 42.2 Å². The molecule has 0 bridgehead atoms. The zero-order valence-corrected chi connectivity index (χ0v) is 17.1. The topological polar surface area (TPSA) is 119 Å². The molecular weight excluding hydrogens is 442 g/mol. The van der Waals surface area contributed by atoms with Crippen molar-refractivity contribution in [2.45, 2.75) is 12.8 Å². The summed E-state index contributed by atoms with van der Waals surface area (Å²) in [5.74, 6) is -1.32. The number of methoxy groups -OCH3 is 1. The largest absolute Gasteiger partial charge is 0.495 e. The zero-order chi connectivity index (χ0) is 21.1. The third kappa shape index (κ3) is 4.29. The first kappa shape index (κ1) is 20.5. The Balaban J connectivity index is 1.60. The molecule has 1 heterocycles. The van der Waals surface area contributed by atoms with E-state index in [0.29, 0.717) is 27.0 Å². The molecule has 3 rings (SSSR count). The molecule has 150 valence electrons. The molecule has 29 heavy (non-hydrogen) atoms. The number of nitrogens with zero attached hydrogens (tertiary/aromatic N) is 1. The number of rotatable bonds is 7. The number of imide groups is 1. The summed E-state index contributed by atoms with van der Waals surface area (Å²) in [5, 5.41) is 2.66. The lowest BCUT2D eigenvalue weighted by molar-refractivity contribution is -0.116. The van der Waals surface area contributed by atoms with Gasteiger partial charge in [0.1, 0.15) is 5.75 Å². The van der Waals surface area contributed by atoms with Gasteiger partial charge in [0.25, 0.3) is 11.8 Å². The van der Waals surface area contributed by atoms with Gasteiger partial charge in [-0.15, -0.1) is 0 Å². The van der Waals surface area contributed by atoms with Gasteiger partial charge in [-0.1, -0.05) is 15.9 Å². The Morgan fingerprint density at radius 2 is 1.83 bits per heavy atom. The van der Waals surface area contributed by atoms with E-state index in [-0.39, 0.29) is 42.7 Å². The van der Waals surface area contributed by atoms with Crippen LogP contribution in [0.5, 0.6) is 5.75 Å². The number of fused-ring (bicyclic) bond motifs is 1. The second kappa shape index (κ2) is 8.44. The molecule has 0 aliphatic carbocycles. The van der Waals surface area contributed by atoms with Crippen molar-refractivity contribution < 1.29 is 23.9 Å². The molecule has 0 aromatic heterocycles. The van der Waals surface area contributed by atoms with Crippen LogP contribution in [0.15, 0.2) is 40.9 Å². The lowest BCUT2D eigenvalue weighted by Gasteiger charge is -2.14. The van der Waals surface area contributed by atoms with E-state index in [1.54, 1.807) is 18.2 Å². The van der Waals surface area contributed by atoms with Gasteiger partial charge in [0.2, 0.25) is 11.8 Å². The average Bonchev–Trinajstić information content (AvgIpc) is 2.92. The van der Waals surface area contributed by atoms with Gasteiger partial charge in [-0.25, -0.2) is 0 Å². The Bertz CT molecular complexity index is 1020. The fraction of sp³-hybridized carbons (Fsp3) is 0.200. The van der Waals surface area contributed by atoms with Gasteiger partial charge < -0.3 is 15.8 Å². The van der Waals surface area contributed by atoms with Gasteiger partial charge in [-0.3, -0.25) is 24.1 Å². The number of carbonyl (C=O) groups excluding carboxylic acids is 4. The van der Waals surface area contributed by atoms with E-state index in [4.69, 9.17) is 10.5 Å². The highest BCUT2D eigenvalue weighted by atomic mass is 79.9. The molecule has 1 aliphatic heterocycles. The van der Waals surface area contributed by atoms with Crippen LogP contribution in [-0.2, 0) is 4.79 Å². The SMILES string of the molecule is COc1ccc(C(N)=O)cc1NC(=O)CCCN1C(=O)c2ccc(Br)cc2C1=O. The number of nitrogens with one attached hydrogen (secondary N) is 1. The van der Waals surface area contributed by atoms with E-state index >= 15 is 0 Å². The van der Waals surface area contributed by atoms with Crippen molar-refractivity contribution in [2.75, 3.05) is 19.0 Å². The van der Waals surface area contributed by atoms with E-state index in [1.807, 2.05) is 0 Å². The van der Waals surface area contributed by atoms with Crippen molar-refractivity contribution in [3.8, 4) is 5.75 Å². The minimum atomic E-state index is -0.625. The molecule has 0 radical (unpaired) electrons. The van der Waals surface area contributed by atoms with Crippen molar-refractivity contribution >= 4 is 45.2 Å². The minimum Gasteiger partial charge on any atom is -0.495 e. The standard InChI is InChI=1S/C20H18BrN3O5/c1-29-16-7-4-11(18(22)26)9-15(16)23-17(25)3-2-8-24-19(27)13-6-5-12(21)10-14(13)20(24)28/h4-7,9-10H,2-3,8H2,1H3,(H2,22,26)(H,23,25). The minimum absolute atomic E-state index is 0.0705. The van der Waals surface area contributed by atoms with E-state index in [2.05, 4.69) is 21.2 Å². The second-order valence-electron chi connectivity index (χ2n) is 6.38. The first-order chi connectivity index (χ1) is 13.8. The molecule has 8 nitrogen and oxygen atoms in total. The first-order valence-electron chi connectivity index (χ1n) is 8.75. The smallest absolute Gasteiger partial charge is 0.261 e. The third-order valence-corrected chi connectivity index (χ3v) is 4.97. The fourth-order valence-electron chi connectivity index (χ4n) is 3.04. The van der Waals surface area contributed by atoms with Crippen LogP contribution in [0, 0.1) is 0 Å². The van der Waals surface area contributed by atoms with Crippen LogP contribution in [0.2, 0.25) is 0 Å². The Kier molecular flexibility index (Phi) is 5.97. The molecule has 0 fully saturated rings. The number of hydrogen-bond acceptors (Lipinski definition) is 5. The number of hydrogen-bond donors (Lipinski definition) is 2. The van der Waals surface area contributed by atoms with E-state index < -0.39 is 5.91 Å². The van der Waals surface area contributed by atoms with Crippen LogP contribution in [0.3, 0.4) is 0 Å². The molecule has 0 atom stereocenters. The molecule has 0 saturated heterocycles. The monoisotopic (exact) mass is 459 g/mol.